The first-order chi connectivity index (χ1) is 11.0. The smallest absolute Gasteiger partial charge is 0.285 e. The SMILES string of the molecule is Cc1ccccc1CC1(O)CCN(c2cn[nH]c(=O)c2Cl)CC1. The van der Waals surface area contributed by atoms with Crippen LogP contribution >= 0.6 is 11.6 Å². The number of aromatic amines is 1. The number of H-pyrrole nitrogens is 1. The normalized spacial score (nSPS) is 17.3. The Kier molecular flexibility index (Phi) is 4.41. The molecule has 1 aliphatic heterocycles. The number of hydrogen-bond acceptors (Lipinski definition) is 4. The van der Waals surface area contributed by atoms with Gasteiger partial charge in [0.25, 0.3) is 5.56 Å². The summed E-state index contributed by atoms with van der Waals surface area (Å²) < 4.78 is 0. The number of piperidine rings is 1. The Morgan fingerprint density at radius 1 is 1.35 bits per heavy atom. The van der Waals surface area contributed by atoms with Gasteiger partial charge < -0.3 is 10.0 Å². The Labute approximate surface area is 139 Å². The van der Waals surface area contributed by atoms with Crippen molar-refractivity contribution in [3.63, 3.8) is 0 Å². The molecular weight excluding hydrogens is 314 g/mol. The molecule has 2 N–H and O–H groups in total. The van der Waals surface area contributed by atoms with Gasteiger partial charge in [0.15, 0.2) is 0 Å². The van der Waals surface area contributed by atoms with Gasteiger partial charge in [0.1, 0.15) is 5.02 Å². The molecule has 122 valence electrons. The van der Waals surface area contributed by atoms with Gasteiger partial charge in [-0.2, -0.15) is 5.10 Å². The van der Waals surface area contributed by atoms with E-state index in [4.69, 9.17) is 11.6 Å². The first-order valence-electron chi connectivity index (χ1n) is 7.73. The first kappa shape index (κ1) is 16.0. The third-order valence-electron chi connectivity index (χ3n) is 4.59. The molecule has 0 unspecified atom stereocenters. The Morgan fingerprint density at radius 3 is 2.74 bits per heavy atom. The van der Waals surface area contributed by atoms with Crippen LogP contribution < -0.4 is 10.5 Å². The molecule has 5 nitrogen and oxygen atoms in total. The highest BCUT2D eigenvalue weighted by Gasteiger charge is 2.33. The van der Waals surface area contributed by atoms with Gasteiger partial charge in [0.05, 0.1) is 17.5 Å². The Balaban J connectivity index is 1.71. The van der Waals surface area contributed by atoms with Crippen molar-refractivity contribution in [2.24, 2.45) is 0 Å². The molecule has 3 rings (SSSR count). The van der Waals surface area contributed by atoms with E-state index >= 15 is 0 Å². The monoisotopic (exact) mass is 333 g/mol. The van der Waals surface area contributed by atoms with Crippen molar-refractivity contribution in [1.82, 2.24) is 10.2 Å². The molecule has 0 aliphatic carbocycles. The maximum atomic E-state index is 11.6. The number of nitrogens with zero attached hydrogens (tertiary/aromatic N) is 2. The summed E-state index contributed by atoms with van der Waals surface area (Å²) in [5, 5.41) is 17.2. The van der Waals surface area contributed by atoms with Crippen LogP contribution in [0.4, 0.5) is 5.69 Å². The summed E-state index contributed by atoms with van der Waals surface area (Å²) in [5.41, 5.74) is 1.91. The predicted molar refractivity (Wildman–Crippen MR) is 91.1 cm³/mol. The van der Waals surface area contributed by atoms with E-state index in [9.17, 15) is 9.90 Å². The Bertz CT molecular complexity index is 751. The molecule has 1 aromatic heterocycles. The van der Waals surface area contributed by atoms with Crippen LogP contribution in [0.5, 0.6) is 0 Å². The van der Waals surface area contributed by atoms with E-state index in [-0.39, 0.29) is 10.6 Å². The van der Waals surface area contributed by atoms with E-state index in [1.54, 1.807) is 6.20 Å². The summed E-state index contributed by atoms with van der Waals surface area (Å²) in [7, 11) is 0. The second kappa shape index (κ2) is 6.34. The number of aromatic nitrogens is 2. The van der Waals surface area contributed by atoms with Gasteiger partial charge in [0, 0.05) is 19.5 Å². The van der Waals surface area contributed by atoms with Crippen LogP contribution in [0, 0.1) is 6.92 Å². The average molecular weight is 334 g/mol. The molecular formula is C17H20ClN3O2. The predicted octanol–water partition coefficient (Wildman–Crippen LogP) is 2.31. The quantitative estimate of drug-likeness (QED) is 0.904. The molecule has 23 heavy (non-hydrogen) atoms. The number of anilines is 1. The number of halogens is 1. The Hall–Kier alpha value is -1.85. The van der Waals surface area contributed by atoms with Crippen LogP contribution in [0.3, 0.4) is 0 Å². The lowest BCUT2D eigenvalue weighted by molar-refractivity contribution is 0.0164. The van der Waals surface area contributed by atoms with Crippen molar-refractivity contribution >= 4 is 17.3 Å². The van der Waals surface area contributed by atoms with E-state index in [1.165, 1.54) is 11.1 Å². The molecule has 0 spiro atoms. The molecule has 0 saturated carbocycles. The fourth-order valence-electron chi connectivity index (χ4n) is 3.10. The lowest BCUT2D eigenvalue weighted by atomic mass is 9.84. The number of benzene rings is 1. The maximum Gasteiger partial charge on any atom is 0.285 e. The summed E-state index contributed by atoms with van der Waals surface area (Å²) in [6, 6.07) is 8.14. The third-order valence-corrected chi connectivity index (χ3v) is 4.96. The van der Waals surface area contributed by atoms with Crippen LogP contribution in [0.25, 0.3) is 0 Å². The number of rotatable bonds is 3. The van der Waals surface area contributed by atoms with Crippen LogP contribution in [0.2, 0.25) is 5.02 Å². The van der Waals surface area contributed by atoms with Crippen molar-refractivity contribution in [3.05, 3.63) is 57.0 Å². The Morgan fingerprint density at radius 2 is 2.04 bits per heavy atom. The summed E-state index contributed by atoms with van der Waals surface area (Å²) in [5.74, 6) is 0. The molecule has 0 atom stereocenters. The van der Waals surface area contributed by atoms with Gasteiger partial charge in [-0.1, -0.05) is 35.9 Å². The fraction of sp³-hybridized carbons (Fsp3) is 0.412. The molecule has 1 aromatic carbocycles. The van der Waals surface area contributed by atoms with Crippen molar-refractivity contribution in [2.75, 3.05) is 18.0 Å². The maximum absolute atomic E-state index is 11.6. The minimum absolute atomic E-state index is 0.157. The van der Waals surface area contributed by atoms with Crippen molar-refractivity contribution in [2.45, 2.75) is 31.8 Å². The molecule has 0 bridgehead atoms. The molecule has 0 amide bonds. The molecule has 1 aliphatic rings. The largest absolute Gasteiger partial charge is 0.389 e. The molecule has 6 heteroatoms. The summed E-state index contributed by atoms with van der Waals surface area (Å²) in [6.07, 6.45) is 3.47. The highest BCUT2D eigenvalue weighted by molar-refractivity contribution is 6.32. The van der Waals surface area contributed by atoms with E-state index in [0.29, 0.717) is 38.0 Å². The van der Waals surface area contributed by atoms with E-state index < -0.39 is 5.60 Å². The average Bonchev–Trinajstić information content (AvgIpc) is 2.53. The number of aryl methyl sites for hydroxylation is 1. The van der Waals surface area contributed by atoms with Gasteiger partial charge in [-0.3, -0.25) is 4.79 Å². The first-order valence-corrected chi connectivity index (χ1v) is 8.11. The highest BCUT2D eigenvalue weighted by Crippen LogP contribution is 2.31. The highest BCUT2D eigenvalue weighted by atomic mass is 35.5. The second-order valence-electron chi connectivity index (χ2n) is 6.21. The summed E-state index contributed by atoms with van der Waals surface area (Å²) in [6.45, 7) is 3.36. The van der Waals surface area contributed by atoms with Gasteiger partial charge in [-0.25, -0.2) is 5.10 Å². The molecule has 1 saturated heterocycles. The van der Waals surface area contributed by atoms with Crippen molar-refractivity contribution < 1.29 is 5.11 Å². The van der Waals surface area contributed by atoms with E-state index in [0.717, 1.165) is 0 Å². The summed E-state index contributed by atoms with van der Waals surface area (Å²) >= 11 is 6.06. The van der Waals surface area contributed by atoms with Gasteiger partial charge in [0.2, 0.25) is 0 Å². The molecule has 0 radical (unpaired) electrons. The van der Waals surface area contributed by atoms with Gasteiger partial charge in [-0.05, 0) is 30.9 Å². The second-order valence-corrected chi connectivity index (χ2v) is 6.59. The van der Waals surface area contributed by atoms with Crippen LogP contribution in [0.15, 0.2) is 35.3 Å². The fourth-order valence-corrected chi connectivity index (χ4v) is 3.31. The van der Waals surface area contributed by atoms with Crippen LogP contribution in [-0.2, 0) is 6.42 Å². The number of hydrogen-bond donors (Lipinski definition) is 2. The standard InChI is InChI=1S/C17H20ClN3O2/c1-12-4-2-3-5-13(12)10-17(23)6-8-21(9-7-17)14-11-19-20-16(22)15(14)18/h2-5,11,23H,6-10H2,1H3,(H,20,22). The zero-order valence-corrected chi connectivity index (χ0v) is 13.8. The minimum Gasteiger partial charge on any atom is -0.389 e. The van der Waals surface area contributed by atoms with E-state index in [2.05, 4.69) is 29.3 Å². The third kappa shape index (κ3) is 3.41. The van der Waals surface area contributed by atoms with E-state index in [1.807, 2.05) is 17.0 Å². The van der Waals surface area contributed by atoms with Crippen LogP contribution in [-0.4, -0.2) is 34.0 Å². The van der Waals surface area contributed by atoms with Crippen LogP contribution in [0.1, 0.15) is 24.0 Å². The number of aliphatic hydroxyl groups is 1. The molecule has 2 heterocycles. The van der Waals surface area contributed by atoms with Gasteiger partial charge >= 0.3 is 0 Å². The lowest BCUT2D eigenvalue weighted by Crippen LogP contribution is -2.46. The number of nitrogens with one attached hydrogen (secondary N) is 1. The zero-order valence-electron chi connectivity index (χ0n) is 13.1. The molecule has 1 fully saturated rings. The minimum atomic E-state index is -0.719. The lowest BCUT2D eigenvalue weighted by Gasteiger charge is -2.39. The zero-order chi connectivity index (χ0) is 16.4. The summed E-state index contributed by atoms with van der Waals surface area (Å²) in [4.78, 5) is 13.6. The topological polar surface area (TPSA) is 69.2 Å². The van der Waals surface area contributed by atoms with Crippen molar-refractivity contribution in [1.29, 1.82) is 0 Å². The van der Waals surface area contributed by atoms with Crippen molar-refractivity contribution in [3.8, 4) is 0 Å². The van der Waals surface area contributed by atoms with Gasteiger partial charge in [-0.15, -0.1) is 0 Å². The molecule has 2 aromatic rings.